The van der Waals surface area contributed by atoms with Crippen LogP contribution in [0.15, 0.2) is 42.5 Å². The first-order chi connectivity index (χ1) is 9.24. The normalized spacial score (nSPS) is 10.0. The van der Waals surface area contributed by atoms with E-state index in [1.54, 1.807) is 32.4 Å². The molecule has 0 aromatic heterocycles. The number of methoxy groups -OCH3 is 2. The smallest absolute Gasteiger partial charge is 0.163 e. The van der Waals surface area contributed by atoms with Crippen molar-refractivity contribution in [2.45, 2.75) is 6.61 Å². The lowest BCUT2D eigenvalue weighted by Crippen LogP contribution is -2.00. The number of para-hydroxylation sites is 1. The summed E-state index contributed by atoms with van der Waals surface area (Å²) >= 11 is 0. The second-order valence-electron chi connectivity index (χ2n) is 4.01. The first kappa shape index (κ1) is 13.1. The molecule has 0 radical (unpaired) electrons. The van der Waals surface area contributed by atoms with E-state index in [4.69, 9.17) is 19.9 Å². The van der Waals surface area contributed by atoms with Gasteiger partial charge in [-0.05, 0) is 18.2 Å². The summed E-state index contributed by atoms with van der Waals surface area (Å²) in [6.07, 6.45) is 0. The molecule has 2 rings (SSSR count). The van der Waals surface area contributed by atoms with Crippen LogP contribution in [0.1, 0.15) is 5.56 Å². The highest BCUT2D eigenvalue weighted by molar-refractivity contribution is 5.52. The van der Waals surface area contributed by atoms with E-state index < -0.39 is 0 Å². The molecule has 0 saturated heterocycles. The van der Waals surface area contributed by atoms with Gasteiger partial charge in [-0.2, -0.15) is 0 Å². The molecule has 2 aromatic rings. The lowest BCUT2D eigenvalue weighted by atomic mass is 10.2. The zero-order chi connectivity index (χ0) is 13.7. The van der Waals surface area contributed by atoms with E-state index in [0.717, 1.165) is 11.3 Å². The van der Waals surface area contributed by atoms with Crippen LogP contribution >= 0.6 is 0 Å². The Morgan fingerprint density at radius 2 is 1.63 bits per heavy atom. The molecule has 0 aliphatic heterocycles. The predicted molar refractivity (Wildman–Crippen MR) is 74.7 cm³/mol. The molecule has 0 aliphatic rings. The van der Waals surface area contributed by atoms with Crippen molar-refractivity contribution < 1.29 is 14.2 Å². The number of anilines is 1. The van der Waals surface area contributed by atoms with E-state index in [1.165, 1.54) is 0 Å². The minimum Gasteiger partial charge on any atom is -0.496 e. The third-order valence-electron chi connectivity index (χ3n) is 2.76. The molecule has 4 nitrogen and oxygen atoms in total. The number of hydrogen-bond acceptors (Lipinski definition) is 4. The highest BCUT2D eigenvalue weighted by Gasteiger charge is 2.07. The number of hydrogen-bond donors (Lipinski definition) is 1. The molecule has 100 valence electrons. The van der Waals surface area contributed by atoms with E-state index >= 15 is 0 Å². The Hall–Kier alpha value is -2.36. The average Bonchev–Trinajstić information content (AvgIpc) is 2.45. The van der Waals surface area contributed by atoms with Crippen molar-refractivity contribution in [2.24, 2.45) is 0 Å². The second-order valence-corrected chi connectivity index (χ2v) is 4.01. The van der Waals surface area contributed by atoms with Crippen LogP contribution in [0.4, 0.5) is 5.69 Å². The van der Waals surface area contributed by atoms with Crippen molar-refractivity contribution in [3.05, 3.63) is 48.0 Å². The minimum atomic E-state index is 0.393. The Balaban J connectivity index is 2.16. The average molecular weight is 259 g/mol. The monoisotopic (exact) mass is 259 g/mol. The van der Waals surface area contributed by atoms with Gasteiger partial charge in [-0.25, -0.2) is 0 Å². The molecule has 2 N–H and O–H groups in total. The molecule has 0 amide bonds. The molecule has 0 unspecified atom stereocenters. The summed E-state index contributed by atoms with van der Waals surface area (Å²) in [5.41, 5.74) is 7.35. The van der Waals surface area contributed by atoms with Gasteiger partial charge in [0.15, 0.2) is 11.5 Å². The van der Waals surface area contributed by atoms with E-state index in [-0.39, 0.29) is 0 Å². The minimum absolute atomic E-state index is 0.393. The Morgan fingerprint density at radius 3 is 2.37 bits per heavy atom. The summed E-state index contributed by atoms with van der Waals surface area (Å²) in [6, 6.07) is 13.0. The molecule has 0 bridgehead atoms. The fraction of sp³-hybridized carbons (Fsp3) is 0.200. The zero-order valence-electron chi connectivity index (χ0n) is 11.1. The van der Waals surface area contributed by atoms with Crippen LogP contribution in [-0.4, -0.2) is 14.2 Å². The maximum absolute atomic E-state index is 5.75. The SMILES string of the molecule is COc1ccccc1COc1cc(N)ccc1OC. The largest absolute Gasteiger partial charge is 0.496 e. The van der Waals surface area contributed by atoms with E-state index in [1.807, 2.05) is 24.3 Å². The lowest BCUT2D eigenvalue weighted by molar-refractivity contribution is 0.278. The van der Waals surface area contributed by atoms with Crippen LogP contribution < -0.4 is 19.9 Å². The fourth-order valence-corrected chi connectivity index (χ4v) is 1.78. The van der Waals surface area contributed by atoms with Gasteiger partial charge in [-0.15, -0.1) is 0 Å². The molecular weight excluding hydrogens is 242 g/mol. The van der Waals surface area contributed by atoms with Gasteiger partial charge in [0.1, 0.15) is 12.4 Å². The zero-order valence-corrected chi connectivity index (χ0v) is 11.1. The Morgan fingerprint density at radius 1 is 0.895 bits per heavy atom. The number of rotatable bonds is 5. The topological polar surface area (TPSA) is 53.7 Å². The van der Waals surface area contributed by atoms with Crippen LogP contribution in [0.5, 0.6) is 17.2 Å². The quantitative estimate of drug-likeness (QED) is 0.839. The fourth-order valence-electron chi connectivity index (χ4n) is 1.78. The molecule has 2 aromatic carbocycles. The second kappa shape index (κ2) is 6.00. The third-order valence-corrected chi connectivity index (χ3v) is 2.76. The van der Waals surface area contributed by atoms with Crippen LogP contribution in [0.2, 0.25) is 0 Å². The molecule has 0 aliphatic carbocycles. The van der Waals surface area contributed by atoms with Gasteiger partial charge in [-0.3, -0.25) is 0 Å². The van der Waals surface area contributed by atoms with Crippen LogP contribution in [0.25, 0.3) is 0 Å². The predicted octanol–water partition coefficient (Wildman–Crippen LogP) is 2.87. The Kier molecular flexibility index (Phi) is 4.13. The van der Waals surface area contributed by atoms with Gasteiger partial charge < -0.3 is 19.9 Å². The van der Waals surface area contributed by atoms with Crippen molar-refractivity contribution in [3.63, 3.8) is 0 Å². The lowest BCUT2D eigenvalue weighted by Gasteiger charge is -2.13. The number of nitrogens with two attached hydrogens (primary N) is 1. The third kappa shape index (κ3) is 3.10. The van der Waals surface area contributed by atoms with Crippen LogP contribution in [-0.2, 0) is 6.61 Å². The number of benzene rings is 2. The van der Waals surface area contributed by atoms with Crippen molar-refractivity contribution in [3.8, 4) is 17.2 Å². The molecule has 0 saturated carbocycles. The Labute approximate surface area is 112 Å². The molecule has 0 fully saturated rings. The summed E-state index contributed by atoms with van der Waals surface area (Å²) in [5.74, 6) is 2.07. The summed E-state index contributed by atoms with van der Waals surface area (Å²) in [6.45, 7) is 0.393. The Bertz CT molecular complexity index is 555. The first-order valence-corrected chi connectivity index (χ1v) is 5.93. The first-order valence-electron chi connectivity index (χ1n) is 5.93. The van der Waals surface area contributed by atoms with Crippen LogP contribution in [0.3, 0.4) is 0 Å². The summed E-state index contributed by atoms with van der Waals surface area (Å²) in [5, 5.41) is 0. The van der Waals surface area contributed by atoms with Crippen molar-refractivity contribution in [1.82, 2.24) is 0 Å². The molecule has 0 atom stereocenters. The molecular formula is C15H17NO3. The van der Waals surface area contributed by atoms with Gasteiger partial charge in [0.25, 0.3) is 0 Å². The van der Waals surface area contributed by atoms with E-state index in [0.29, 0.717) is 23.8 Å². The van der Waals surface area contributed by atoms with Gasteiger partial charge in [0, 0.05) is 17.3 Å². The van der Waals surface area contributed by atoms with Crippen LogP contribution in [0, 0.1) is 0 Å². The summed E-state index contributed by atoms with van der Waals surface area (Å²) in [7, 11) is 3.24. The van der Waals surface area contributed by atoms with Crippen molar-refractivity contribution >= 4 is 5.69 Å². The highest BCUT2D eigenvalue weighted by atomic mass is 16.5. The van der Waals surface area contributed by atoms with Crippen molar-refractivity contribution in [2.75, 3.05) is 20.0 Å². The van der Waals surface area contributed by atoms with E-state index in [9.17, 15) is 0 Å². The summed E-state index contributed by atoms with van der Waals surface area (Å²) < 4.78 is 16.3. The molecule has 0 spiro atoms. The molecule has 0 heterocycles. The summed E-state index contributed by atoms with van der Waals surface area (Å²) in [4.78, 5) is 0. The number of ether oxygens (including phenoxy) is 3. The van der Waals surface area contributed by atoms with Crippen molar-refractivity contribution in [1.29, 1.82) is 0 Å². The van der Waals surface area contributed by atoms with Gasteiger partial charge >= 0.3 is 0 Å². The number of nitrogen functional groups attached to an aromatic ring is 1. The van der Waals surface area contributed by atoms with Gasteiger partial charge in [0.05, 0.1) is 14.2 Å². The van der Waals surface area contributed by atoms with Gasteiger partial charge in [0.2, 0.25) is 0 Å². The standard InChI is InChI=1S/C15H17NO3/c1-17-13-6-4-3-5-11(13)10-19-15-9-12(16)7-8-14(15)18-2/h3-9H,10,16H2,1-2H3. The van der Waals surface area contributed by atoms with E-state index in [2.05, 4.69) is 0 Å². The highest BCUT2D eigenvalue weighted by Crippen LogP contribution is 2.30. The molecule has 4 heteroatoms. The van der Waals surface area contributed by atoms with Gasteiger partial charge in [-0.1, -0.05) is 18.2 Å². The molecule has 19 heavy (non-hydrogen) atoms. The maximum atomic E-state index is 5.75. The maximum Gasteiger partial charge on any atom is 0.163 e.